The Morgan fingerprint density at radius 3 is 2.48 bits per heavy atom. The Hall–Kier alpha value is -3.86. The number of carbonyl (C=O) groups is 2. The molecule has 66 heavy (non-hydrogen) atoms. The molecule has 8 N–H and O–H groups in total. The number of hydrogen-bond donors (Lipinski definition) is 8. The van der Waals surface area contributed by atoms with Crippen molar-refractivity contribution >= 4 is 18.0 Å². The molecule has 14 nitrogen and oxygen atoms in total. The van der Waals surface area contributed by atoms with Gasteiger partial charge in [0.1, 0.15) is 12.2 Å². The van der Waals surface area contributed by atoms with E-state index in [4.69, 9.17) is 18.9 Å². The van der Waals surface area contributed by atoms with Crippen molar-refractivity contribution in [2.75, 3.05) is 26.9 Å². The quantitative estimate of drug-likeness (QED) is 0.0455. The molecular formula is C52H75NO13. The number of esters is 2. The second-order valence-electron chi connectivity index (χ2n) is 19.8. The molecule has 0 spiro atoms. The molecule has 2 aliphatic carbocycles. The molecule has 2 aromatic rings. The van der Waals surface area contributed by atoms with Gasteiger partial charge in [-0.3, -0.25) is 4.79 Å². The van der Waals surface area contributed by atoms with Crippen LogP contribution in [0.5, 0.6) is 11.5 Å². The maximum absolute atomic E-state index is 14.9. The highest BCUT2D eigenvalue weighted by Crippen LogP contribution is 2.44. The summed E-state index contributed by atoms with van der Waals surface area (Å²) in [6, 6.07) is 9.88. The lowest BCUT2D eigenvalue weighted by Gasteiger charge is -2.51. The lowest BCUT2D eigenvalue weighted by molar-refractivity contribution is -0.333. The van der Waals surface area contributed by atoms with E-state index in [1.165, 1.54) is 19.3 Å². The van der Waals surface area contributed by atoms with Crippen LogP contribution in [0.1, 0.15) is 120 Å². The van der Waals surface area contributed by atoms with E-state index in [0.717, 1.165) is 48.8 Å². The highest BCUT2D eigenvalue weighted by molar-refractivity contribution is 5.94. The van der Waals surface area contributed by atoms with Crippen LogP contribution < -0.4 is 10.1 Å². The molecule has 2 aliphatic heterocycles. The fourth-order valence-electron chi connectivity index (χ4n) is 11.0. The van der Waals surface area contributed by atoms with E-state index in [0.29, 0.717) is 43.6 Å². The van der Waals surface area contributed by atoms with Crippen LogP contribution in [-0.2, 0) is 36.6 Å². The predicted molar refractivity (Wildman–Crippen MR) is 248 cm³/mol. The lowest BCUT2D eigenvalue weighted by Crippen LogP contribution is -2.71. The van der Waals surface area contributed by atoms with Crippen LogP contribution in [0.4, 0.5) is 0 Å². The first kappa shape index (κ1) is 51.5. The second-order valence-corrected chi connectivity index (χ2v) is 19.8. The second kappa shape index (κ2) is 23.4. The number of methoxy groups -OCH3 is 1. The number of phenols is 1. The standard InChI is InChI=1S/C52H75NO13/c1-6-7-34(36-12-13-37(22-30(2)3)44(58)27-36)15-17-46(59)64-49-47(60)48-42(53-28-31(4)56)18-20-52(62,66-48)50(49)65-51(61)39(23-33-9-16-43(57)45(25-33)63-5)26-41-38(29-55)14-11-35-10-8-32(19-21-54)24-40(35)41/h8-10,16,18,20,23-25,30-31,34,36-38,41-42,44,47-50,53-58,60,62H,6-7,11-15,17,19,21-22,26-29H2,1-5H3. The van der Waals surface area contributed by atoms with Crippen molar-refractivity contribution in [2.45, 2.75) is 159 Å². The molecule has 2 bridgehead atoms. The van der Waals surface area contributed by atoms with E-state index in [2.05, 4.69) is 26.1 Å². The average molecular weight is 922 g/mol. The van der Waals surface area contributed by atoms with Gasteiger partial charge in [-0.2, -0.15) is 0 Å². The third kappa shape index (κ3) is 12.6. The molecule has 0 amide bonds. The molecule has 4 aliphatic rings. The number of rotatable bonds is 21. The summed E-state index contributed by atoms with van der Waals surface area (Å²) in [7, 11) is 1.41. The molecule has 0 aromatic heterocycles. The highest BCUT2D eigenvalue weighted by Gasteiger charge is 2.60. The number of ether oxygens (including phenoxy) is 4. The van der Waals surface area contributed by atoms with Crippen molar-refractivity contribution in [2.24, 2.45) is 29.6 Å². The first-order valence-corrected chi connectivity index (χ1v) is 24.3. The van der Waals surface area contributed by atoms with Crippen molar-refractivity contribution in [1.82, 2.24) is 5.32 Å². The van der Waals surface area contributed by atoms with Gasteiger partial charge in [-0.25, -0.2) is 4.79 Å². The smallest absolute Gasteiger partial charge is 0.334 e. The minimum Gasteiger partial charge on any atom is -0.504 e. The number of carbonyl (C=O) groups excluding carboxylic acids is 2. The molecule has 0 radical (unpaired) electrons. The molecule has 6 rings (SSSR count). The molecule has 2 heterocycles. The SMILES string of the molecule is CCCC(CCC(=O)OC1C(O)C2OC(O)(C=CC2NCC(C)O)C1OC(=O)C(=Cc1ccc(O)c(OC)c1)CC1c2cc(CCO)ccc2CCC1CO)C1CCC(CC(C)C)C(O)C1. The van der Waals surface area contributed by atoms with Gasteiger partial charge < -0.3 is 60.0 Å². The van der Waals surface area contributed by atoms with Gasteiger partial charge in [-0.05, 0) is 147 Å². The third-order valence-corrected chi connectivity index (χ3v) is 14.4. The van der Waals surface area contributed by atoms with Crippen molar-refractivity contribution in [1.29, 1.82) is 0 Å². The summed E-state index contributed by atoms with van der Waals surface area (Å²) in [5, 5.41) is 79.4. The number of benzene rings is 2. The Kier molecular flexibility index (Phi) is 18.3. The minimum absolute atomic E-state index is 0.00415. The van der Waals surface area contributed by atoms with Crippen LogP contribution >= 0.6 is 0 Å². The van der Waals surface area contributed by atoms with Crippen molar-refractivity contribution in [3.63, 3.8) is 0 Å². The lowest BCUT2D eigenvalue weighted by atomic mass is 9.70. The molecule has 1 saturated carbocycles. The Morgan fingerprint density at radius 1 is 1.02 bits per heavy atom. The van der Waals surface area contributed by atoms with Crippen LogP contribution in [0.25, 0.3) is 6.08 Å². The first-order chi connectivity index (χ1) is 31.6. The zero-order valence-corrected chi connectivity index (χ0v) is 39.4. The van der Waals surface area contributed by atoms with E-state index in [1.807, 2.05) is 18.2 Å². The van der Waals surface area contributed by atoms with Crippen molar-refractivity contribution in [3.8, 4) is 11.5 Å². The van der Waals surface area contributed by atoms with E-state index in [9.17, 15) is 45.3 Å². The third-order valence-electron chi connectivity index (χ3n) is 14.4. The van der Waals surface area contributed by atoms with Gasteiger partial charge in [0.25, 0.3) is 0 Å². The van der Waals surface area contributed by atoms with Gasteiger partial charge in [-0.1, -0.05) is 64.0 Å². The van der Waals surface area contributed by atoms with Gasteiger partial charge in [-0.15, -0.1) is 0 Å². The van der Waals surface area contributed by atoms with Gasteiger partial charge in [0, 0.05) is 31.8 Å². The van der Waals surface area contributed by atoms with Crippen molar-refractivity contribution < 1.29 is 64.3 Å². The number of aliphatic hydroxyl groups is 6. The summed E-state index contributed by atoms with van der Waals surface area (Å²) in [4.78, 5) is 28.9. The Balaban J connectivity index is 1.31. The van der Waals surface area contributed by atoms with Gasteiger partial charge in [0.05, 0.1) is 25.4 Å². The number of aromatic hydroxyl groups is 1. The average Bonchev–Trinajstić information content (AvgIpc) is 3.28. The summed E-state index contributed by atoms with van der Waals surface area (Å²) in [6.45, 7) is 7.97. The molecule has 13 atom stereocenters. The Labute approximate surface area is 390 Å². The Morgan fingerprint density at radius 2 is 1.80 bits per heavy atom. The zero-order valence-electron chi connectivity index (χ0n) is 39.4. The maximum atomic E-state index is 14.9. The summed E-state index contributed by atoms with van der Waals surface area (Å²) in [6.07, 6.45) is 4.93. The molecule has 366 valence electrons. The van der Waals surface area contributed by atoms with E-state index < -0.39 is 60.4 Å². The molecule has 13 unspecified atom stereocenters. The summed E-state index contributed by atoms with van der Waals surface area (Å²) in [5.74, 6) is -3.29. The highest BCUT2D eigenvalue weighted by atomic mass is 16.7. The largest absolute Gasteiger partial charge is 0.504 e. The number of phenolic OH excluding ortho intramolecular Hbond substituents is 1. The number of hydrogen-bond acceptors (Lipinski definition) is 14. The van der Waals surface area contributed by atoms with Gasteiger partial charge in [0.15, 0.2) is 23.7 Å². The van der Waals surface area contributed by atoms with E-state index >= 15 is 0 Å². The Bertz CT molecular complexity index is 1980. The first-order valence-electron chi connectivity index (χ1n) is 24.3. The van der Waals surface area contributed by atoms with Crippen LogP contribution in [0.15, 0.2) is 54.1 Å². The number of aliphatic hydroxyl groups excluding tert-OH is 5. The molecule has 2 fully saturated rings. The van der Waals surface area contributed by atoms with Gasteiger partial charge in [0.2, 0.25) is 5.79 Å². The summed E-state index contributed by atoms with van der Waals surface area (Å²) >= 11 is 0. The predicted octanol–water partition coefficient (Wildman–Crippen LogP) is 5.25. The van der Waals surface area contributed by atoms with Crippen LogP contribution in [0, 0.1) is 29.6 Å². The maximum Gasteiger partial charge on any atom is 0.334 e. The molecule has 2 aromatic carbocycles. The number of aryl methyl sites for hydroxylation is 1. The van der Waals surface area contributed by atoms with Crippen LogP contribution in [0.3, 0.4) is 0 Å². The molecule has 1 saturated heterocycles. The van der Waals surface area contributed by atoms with Crippen molar-refractivity contribution in [3.05, 3.63) is 76.4 Å². The minimum atomic E-state index is -2.35. The molecule has 14 heteroatoms. The summed E-state index contributed by atoms with van der Waals surface area (Å²) < 4.78 is 23.8. The van der Waals surface area contributed by atoms with Crippen LogP contribution in [0.2, 0.25) is 0 Å². The van der Waals surface area contributed by atoms with Gasteiger partial charge >= 0.3 is 11.9 Å². The van der Waals surface area contributed by atoms with E-state index in [-0.39, 0.29) is 79.3 Å². The zero-order chi connectivity index (χ0) is 47.7. The number of nitrogens with one attached hydrogen (secondary N) is 1. The molecular weight excluding hydrogens is 847 g/mol. The monoisotopic (exact) mass is 922 g/mol. The fourth-order valence-corrected chi connectivity index (χ4v) is 11.0. The summed E-state index contributed by atoms with van der Waals surface area (Å²) in [5.41, 5.74) is 3.51. The normalized spacial score (nSPS) is 30.6. The fraction of sp³-hybridized carbons (Fsp3) is 0.654. The van der Waals surface area contributed by atoms with Crippen LogP contribution in [-0.4, -0.2) is 123 Å². The van der Waals surface area contributed by atoms with E-state index in [1.54, 1.807) is 31.2 Å². The topological polar surface area (TPSA) is 225 Å². The number of fused-ring (bicyclic) bond motifs is 3.